The van der Waals surface area contributed by atoms with Crippen LogP contribution in [-0.2, 0) is 31.4 Å². The van der Waals surface area contributed by atoms with Crippen molar-refractivity contribution in [2.24, 2.45) is 7.05 Å². The topological polar surface area (TPSA) is 94.8 Å². The van der Waals surface area contributed by atoms with E-state index in [0.29, 0.717) is 41.5 Å². The number of rotatable bonds is 11. The Hall–Kier alpha value is -3.01. The quantitative estimate of drug-likeness (QED) is 0.261. The van der Waals surface area contributed by atoms with Crippen LogP contribution in [0.1, 0.15) is 33.2 Å². The Balaban J connectivity index is 1.51. The molecule has 1 atom stereocenters. The molecule has 0 fully saturated rings. The molecule has 3 N–H and O–H groups in total. The molecule has 4 rings (SSSR count). The molecular weight excluding hydrogens is 522 g/mol. The number of aryl methyl sites for hydroxylation is 2. The van der Waals surface area contributed by atoms with Gasteiger partial charge in [0.1, 0.15) is 0 Å². The summed E-state index contributed by atoms with van der Waals surface area (Å²) in [6.07, 6.45) is 1.03. The fourth-order valence-corrected chi connectivity index (χ4v) is 6.04. The Morgan fingerprint density at radius 1 is 1.16 bits per heavy atom. The molecule has 0 aliphatic rings. The van der Waals surface area contributed by atoms with Crippen LogP contribution in [0.4, 0.5) is 0 Å². The van der Waals surface area contributed by atoms with E-state index in [4.69, 9.17) is 11.6 Å². The van der Waals surface area contributed by atoms with E-state index in [0.717, 1.165) is 27.1 Å². The Kier molecular flexibility index (Phi) is 9.35. The van der Waals surface area contributed by atoms with E-state index in [9.17, 15) is 19.8 Å². The highest BCUT2D eigenvalue weighted by molar-refractivity contribution is 7.19. The summed E-state index contributed by atoms with van der Waals surface area (Å²) >= 11 is 7.33. The third-order valence-electron chi connectivity index (χ3n) is 6.57. The number of carbonyl (C=O) groups excluding carboxylic acids is 1. The van der Waals surface area contributed by atoms with Gasteiger partial charge in [0.2, 0.25) is 11.3 Å². The second-order valence-electron chi connectivity index (χ2n) is 9.39. The summed E-state index contributed by atoms with van der Waals surface area (Å²) in [5.74, 6) is -0.228. The van der Waals surface area contributed by atoms with Gasteiger partial charge in [0.25, 0.3) is 0 Å². The summed E-state index contributed by atoms with van der Waals surface area (Å²) in [4.78, 5) is 29.0. The number of fused-ring (bicyclic) bond motifs is 1. The van der Waals surface area contributed by atoms with Gasteiger partial charge < -0.3 is 20.1 Å². The van der Waals surface area contributed by atoms with Gasteiger partial charge in [-0.25, -0.2) is 0 Å². The number of nitrogens with zero attached hydrogens (tertiary/aromatic N) is 2. The predicted molar refractivity (Wildman–Crippen MR) is 153 cm³/mol. The summed E-state index contributed by atoms with van der Waals surface area (Å²) in [5, 5.41) is 23.9. The molecule has 0 aliphatic carbocycles. The highest BCUT2D eigenvalue weighted by Gasteiger charge is 2.20. The van der Waals surface area contributed by atoms with Gasteiger partial charge >= 0.3 is 0 Å². The molecule has 0 aliphatic heterocycles. The third-order valence-corrected chi connectivity index (χ3v) is 8.08. The van der Waals surface area contributed by atoms with Crippen molar-refractivity contribution in [1.29, 1.82) is 0 Å². The van der Waals surface area contributed by atoms with Crippen molar-refractivity contribution in [1.82, 2.24) is 14.8 Å². The maximum absolute atomic E-state index is 13.4. The molecule has 1 amide bonds. The minimum absolute atomic E-state index is 0.0115. The fraction of sp³-hybridized carbons (Fsp3) is 0.310. The molecule has 7 nitrogen and oxygen atoms in total. The van der Waals surface area contributed by atoms with E-state index >= 15 is 0 Å². The molecule has 2 heterocycles. The molecule has 0 spiro atoms. The van der Waals surface area contributed by atoms with Gasteiger partial charge in [-0.1, -0.05) is 54.1 Å². The van der Waals surface area contributed by atoms with Crippen LogP contribution in [0.15, 0.2) is 65.6 Å². The molecular formula is C29H32ClN3O4S. The lowest BCUT2D eigenvalue weighted by atomic mass is 10.1. The zero-order valence-corrected chi connectivity index (χ0v) is 23.1. The smallest absolute Gasteiger partial charge is 0.224 e. The van der Waals surface area contributed by atoms with E-state index in [1.807, 2.05) is 65.9 Å². The van der Waals surface area contributed by atoms with Crippen molar-refractivity contribution in [3.63, 3.8) is 0 Å². The number of hydrogen-bond acceptors (Lipinski definition) is 6. The average Bonchev–Trinajstić information content (AvgIpc) is 3.23. The minimum atomic E-state index is -0.693. The van der Waals surface area contributed by atoms with Crippen LogP contribution in [-0.4, -0.2) is 45.3 Å². The monoisotopic (exact) mass is 553 g/mol. The SMILES string of the molecule is Cc1c(CN(CCO)CC(O)c2ccccc2)sc2c(=O)c(CC(=O)NCc3ccc(Cl)cc3)cn(C)c12. The van der Waals surface area contributed by atoms with Gasteiger partial charge in [-0.2, -0.15) is 0 Å². The number of halogens is 1. The van der Waals surface area contributed by atoms with Crippen LogP contribution in [0.25, 0.3) is 10.2 Å². The molecule has 2 aromatic heterocycles. The maximum Gasteiger partial charge on any atom is 0.224 e. The lowest BCUT2D eigenvalue weighted by Crippen LogP contribution is -2.31. The predicted octanol–water partition coefficient (Wildman–Crippen LogP) is 3.95. The molecule has 200 valence electrons. The fourth-order valence-electron chi connectivity index (χ4n) is 4.55. The number of carbonyl (C=O) groups is 1. The molecule has 38 heavy (non-hydrogen) atoms. The number of aliphatic hydroxyl groups excluding tert-OH is 2. The first-order valence-corrected chi connectivity index (χ1v) is 13.6. The number of pyridine rings is 1. The van der Waals surface area contributed by atoms with E-state index in [-0.39, 0.29) is 24.4 Å². The zero-order valence-electron chi connectivity index (χ0n) is 21.5. The molecule has 9 heteroatoms. The number of aliphatic hydroxyl groups is 2. The van der Waals surface area contributed by atoms with Crippen molar-refractivity contribution < 1.29 is 15.0 Å². The normalized spacial score (nSPS) is 12.3. The molecule has 2 aromatic carbocycles. The molecule has 4 aromatic rings. The molecule has 0 bridgehead atoms. The van der Waals surface area contributed by atoms with Crippen molar-refractivity contribution in [2.45, 2.75) is 32.5 Å². The van der Waals surface area contributed by atoms with Gasteiger partial charge in [-0.3, -0.25) is 14.5 Å². The Bertz CT molecular complexity index is 1450. The van der Waals surface area contributed by atoms with Crippen molar-refractivity contribution >= 4 is 39.1 Å². The van der Waals surface area contributed by atoms with Crippen LogP contribution < -0.4 is 10.7 Å². The molecule has 0 radical (unpaired) electrons. The zero-order chi connectivity index (χ0) is 27.2. The Morgan fingerprint density at radius 2 is 1.87 bits per heavy atom. The summed E-state index contributed by atoms with van der Waals surface area (Å²) in [7, 11) is 1.88. The lowest BCUT2D eigenvalue weighted by molar-refractivity contribution is -0.120. The summed E-state index contributed by atoms with van der Waals surface area (Å²) in [6.45, 7) is 3.54. The number of nitrogens with one attached hydrogen (secondary N) is 1. The van der Waals surface area contributed by atoms with Crippen LogP contribution >= 0.6 is 22.9 Å². The highest BCUT2D eigenvalue weighted by atomic mass is 35.5. The Labute approximate surface area is 230 Å². The third kappa shape index (κ3) is 6.70. The van der Waals surface area contributed by atoms with E-state index in [1.54, 1.807) is 18.3 Å². The Morgan fingerprint density at radius 3 is 2.55 bits per heavy atom. The lowest BCUT2D eigenvalue weighted by Gasteiger charge is -2.24. The molecule has 1 unspecified atom stereocenters. The van der Waals surface area contributed by atoms with Gasteiger partial charge in [0.05, 0.1) is 29.3 Å². The maximum atomic E-state index is 13.4. The van der Waals surface area contributed by atoms with Gasteiger partial charge in [0, 0.05) is 54.9 Å². The standard InChI is InChI=1S/C29H32ClN3O4S/c1-19-25(18-33(12-13-34)17-24(35)21-6-4-3-5-7-21)38-29-27(19)32(2)16-22(28(29)37)14-26(36)31-15-20-8-10-23(30)11-9-20/h3-11,16,24,34-35H,12-15,17-18H2,1-2H3,(H,31,36). The highest BCUT2D eigenvalue weighted by Crippen LogP contribution is 2.30. The summed E-state index contributed by atoms with van der Waals surface area (Å²) in [6, 6.07) is 16.7. The second kappa shape index (κ2) is 12.7. The van der Waals surface area contributed by atoms with E-state index in [2.05, 4.69) is 5.32 Å². The number of thiophene rings is 1. The van der Waals surface area contributed by atoms with Crippen molar-refractivity contribution in [2.75, 3.05) is 19.7 Å². The first-order chi connectivity index (χ1) is 18.3. The molecule has 0 saturated carbocycles. The first kappa shape index (κ1) is 28.0. The summed E-state index contributed by atoms with van der Waals surface area (Å²) < 4.78 is 2.51. The number of benzene rings is 2. The molecule has 0 saturated heterocycles. The van der Waals surface area contributed by atoms with Crippen LogP contribution in [0.3, 0.4) is 0 Å². The van der Waals surface area contributed by atoms with Crippen molar-refractivity contribution in [3.05, 3.63) is 103 Å². The van der Waals surface area contributed by atoms with Crippen LogP contribution in [0.5, 0.6) is 0 Å². The van der Waals surface area contributed by atoms with E-state index in [1.165, 1.54) is 11.3 Å². The van der Waals surface area contributed by atoms with E-state index < -0.39 is 6.10 Å². The number of amides is 1. The van der Waals surface area contributed by atoms with Gasteiger partial charge in [-0.15, -0.1) is 11.3 Å². The largest absolute Gasteiger partial charge is 0.395 e. The van der Waals surface area contributed by atoms with Crippen LogP contribution in [0, 0.1) is 6.92 Å². The first-order valence-electron chi connectivity index (χ1n) is 12.4. The minimum Gasteiger partial charge on any atom is -0.395 e. The average molecular weight is 554 g/mol. The van der Waals surface area contributed by atoms with Crippen LogP contribution in [0.2, 0.25) is 5.02 Å². The van der Waals surface area contributed by atoms with Crippen molar-refractivity contribution in [3.8, 4) is 0 Å². The van der Waals surface area contributed by atoms with Gasteiger partial charge in [-0.05, 0) is 35.7 Å². The number of aromatic nitrogens is 1. The second-order valence-corrected chi connectivity index (χ2v) is 10.9. The van der Waals surface area contributed by atoms with Gasteiger partial charge in [0.15, 0.2) is 0 Å². The number of hydrogen-bond donors (Lipinski definition) is 3. The summed E-state index contributed by atoms with van der Waals surface area (Å²) in [5.41, 5.74) is 3.86.